The lowest BCUT2D eigenvalue weighted by Gasteiger charge is -2.36. The van der Waals surface area contributed by atoms with E-state index in [2.05, 4.69) is 23.4 Å². The highest BCUT2D eigenvalue weighted by atomic mass is 32.1. The normalized spacial score (nSPS) is 16.8. The zero-order valence-corrected chi connectivity index (χ0v) is 14.1. The lowest BCUT2D eigenvalue weighted by Crippen LogP contribution is -2.35. The number of nitrogens with one attached hydrogen (secondary N) is 1. The van der Waals surface area contributed by atoms with Crippen molar-refractivity contribution in [2.24, 2.45) is 5.41 Å². The summed E-state index contributed by atoms with van der Waals surface area (Å²) in [6, 6.07) is 8.25. The summed E-state index contributed by atoms with van der Waals surface area (Å²) in [5.74, 6) is 2.55. The molecule has 3 rings (SSSR count). The molecule has 1 heterocycles. The van der Waals surface area contributed by atoms with Crippen molar-refractivity contribution in [3.63, 3.8) is 0 Å². The molecule has 3 nitrogen and oxygen atoms in total. The van der Waals surface area contributed by atoms with Gasteiger partial charge in [0.05, 0.1) is 21.8 Å². The van der Waals surface area contributed by atoms with E-state index in [1.807, 2.05) is 12.1 Å². The Morgan fingerprint density at radius 1 is 1.30 bits per heavy atom. The average Bonchev–Trinajstić information content (AvgIpc) is 2.95. The Labute approximate surface area is 141 Å². The molecule has 2 aromatic rings. The van der Waals surface area contributed by atoms with Crippen molar-refractivity contribution in [2.75, 3.05) is 6.54 Å². The molecule has 1 saturated carbocycles. The molecular weight excluding hydrogens is 304 g/mol. The number of rotatable bonds is 5. The molecule has 4 heteroatoms. The third-order valence-corrected chi connectivity index (χ3v) is 5.74. The van der Waals surface area contributed by atoms with Gasteiger partial charge in [-0.2, -0.15) is 0 Å². The van der Waals surface area contributed by atoms with Crippen LogP contribution in [0, 0.1) is 17.8 Å². The lowest BCUT2D eigenvalue weighted by molar-refractivity contribution is -0.123. The molecule has 0 spiro atoms. The first kappa shape index (κ1) is 16.0. The average molecular weight is 326 g/mol. The Balaban J connectivity index is 1.78. The zero-order valence-electron chi connectivity index (χ0n) is 13.3. The van der Waals surface area contributed by atoms with Crippen molar-refractivity contribution in [2.45, 2.75) is 44.9 Å². The van der Waals surface area contributed by atoms with E-state index < -0.39 is 0 Å². The molecule has 0 bridgehead atoms. The number of amides is 1. The predicted octanol–water partition coefficient (Wildman–Crippen LogP) is 3.93. The highest BCUT2D eigenvalue weighted by molar-refractivity contribution is 7.18. The summed E-state index contributed by atoms with van der Waals surface area (Å²) in [5, 5.41) is 3.98. The van der Waals surface area contributed by atoms with Crippen molar-refractivity contribution in [1.29, 1.82) is 0 Å². The van der Waals surface area contributed by atoms with E-state index in [9.17, 15) is 4.79 Å². The van der Waals surface area contributed by atoms with E-state index in [4.69, 9.17) is 11.4 Å². The minimum absolute atomic E-state index is 0.0464. The first-order valence-corrected chi connectivity index (χ1v) is 9.07. The van der Waals surface area contributed by atoms with Crippen molar-refractivity contribution < 1.29 is 4.79 Å². The number of terminal acetylenes is 1. The van der Waals surface area contributed by atoms with Crippen LogP contribution in [-0.2, 0) is 11.2 Å². The Bertz CT molecular complexity index is 689. The van der Waals surface area contributed by atoms with Crippen molar-refractivity contribution >= 4 is 27.5 Å². The summed E-state index contributed by atoms with van der Waals surface area (Å²) >= 11 is 1.76. The van der Waals surface area contributed by atoms with Gasteiger partial charge in [-0.15, -0.1) is 17.8 Å². The van der Waals surface area contributed by atoms with Crippen LogP contribution in [-0.4, -0.2) is 17.4 Å². The number of para-hydroxylation sites is 1. The molecule has 1 amide bonds. The number of aromatic nitrogens is 1. The van der Waals surface area contributed by atoms with E-state index >= 15 is 0 Å². The number of hydrogen-bond donors (Lipinski definition) is 1. The third-order valence-electron chi connectivity index (χ3n) is 4.70. The van der Waals surface area contributed by atoms with Crippen LogP contribution in [0.1, 0.15) is 43.5 Å². The molecule has 0 unspecified atom stereocenters. The van der Waals surface area contributed by atoms with Gasteiger partial charge in [-0.1, -0.05) is 37.3 Å². The molecule has 1 aromatic heterocycles. The van der Waals surface area contributed by atoms with Gasteiger partial charge in [0.2, 0.25) is 5.91 Å². The van der Waals surface area contributed by atoms with E-state index in [1.54, 1.807) is 11.3 Å². The summed E-state index contributed by atoms with van der Waals surface area (Å²) in [6.07, 6.45) is 12.6. The second kappa shape index (κ2) is 7.14. The second-order valence-corrected chi connectivity index (χ2v) is 7.59. The highest BCUT2D eigenvalue weighted by Gasteiger charge is 2.35. The molecule has 1 aliphatic rings. The molecule has 1 fully saturated rings. The molecule has 1 N–H and O–H groups in total. The number of carbonyl (C=O) groups excluding carboxylic acids is 1. The van der Waals surface area contributed by atoms with Gasteiger partial charge in [-0.05, 0) is 30.4 Å². The smallest absolute Gasteiger partial charge is 0.221 e. The Morgan fingerprint density at radius 3 is 2.83 bits per heavy atom. The Kier molecular flexibility index (Phi) is 4.97. The Morgan fingerprint density at radius 2 is 2.09 bits per heavy atom. The standard InChI is InChI=1S/C19H22N2OS/c1-2-12-20-17(22)13-19(10-6-3-7-11-19)14-18-21-15-8-4-5-9-16(15)23-18/h1,4-5,8-9H,3,6-7,10-14H2,(H,20,22). The summed E-state index contributed by atoms with van der Waals surface area (Å²) in [4.78, 5) is 17.0. The number of benzene rings is 1. The molecule has 0 atom stereocenters. The van der Waals surface area contributed by atoms with E-state index in [0.29, 0.717) is 13.0 Å². The molecule has 23 heavy (non-hydrogen) atoms. The van der Waals surface area contributed by atoms with E-state index in [1.165, 1.54) is 24.0 Å². The van der Waals surface area contributed by atoms with Gasteiger partial charge in [-0.25, -0.2) is 4.98 Å². The Hall–Kier alpha value is -1.86. The zero-order chi connectivity index (χ0) is 16.1. The quantitative estimate of drug-likeness (QED) is 0.846. The minimum Gasteiger partial charge on any atom is -0.345 e. The van der Waals surface area contributed by atoms with Crippen molar-refractivity contribution in [3.8, 4) is 12.3 Å². The maximum absolute atomic E-state index is 12.2. The van der Waals surface area contributed by atoms with E-state index in [0.717, 1.165) is 29.8 Å². The lowest BCUT2D eigenvalue weighted by atomic mass is 9.69. The predicted molar refractivity (Wildman–Crippen MR) is 95.3 cm³/mol. The molecule has 0 saturated heterocycles. The first-order chi connectivity index (χ1) is 11.2. The fraction of sp³-hybridized carbons (Fsp3) is 0.474. The van der Waals surface area contributed by atoms with Gasteiger partial charge < -0.3 is 5.32 Å². The van der Waals surface area contributed by atoms with Crippen LogP contribution in [0.3, 0.4) is 0 Å². The fourth-order valence-electron chi connectivity index (χ4n) is 3.59. The van der Waals surface area contributed by atoms with Crippen LogP contribution >= 0.6 is 11.3 Å². The second-order valence-electron chi connectivity index (χ2n) is 6.47. The van der Waals surface area contributed by atoms with Gasteiger partial charge in [0.25, 0.3) is 0 Å². The van der Waals surface area contributed by atoms with Crippen LogP contribution in [0.4, 0.5) is 0 Å². The fourth-order valence-corrected chi connectivity index (χ4v) is 4.73. The molecule has 1 aliphatic carbocycles. The molecule has 120 valence electrons. The summed E-state index contributed by atoms with van der Waals surface area (Å²) in [5.41, 5.74) is 1.11. The SMILES string of the molecule is C#CCNC(=O)CC1(Cc2nc3ccccc3s2)CCCCC1. The largest absolute Gasteiger partial charge is 0.345 e. The molecule has 1 aromatic carbocycles. The summed E-state index contributed by atoms with van der Waals surface area (Å²) < 4.78 is 1.23. The van der Waals surface area contributed by atoms with Crippen molar-refractivity contribution in [1.82, 2.24) is 10.3 Å². The number of hydrogen-bond acceptors (Lipinski definition) is 3. The maximum Gasteiger partial charge on any atom is 0.221 e. The number of fused-ring (bicyclic) bond motifs is 1. The summed E-state index contributed by atoms with van der Waals surface area (Å²) in [6.45, 7) is 0.316. The maximum atomic E-state index is 12.2. The molecule has 0 aliphatic heterocycles. The van der Waals surface area contributed by atoms with Crippen LogP contribution in [0.5, 0.6) is 0 Å². The van der Waals surface area contributed by atoms with Crippen LogP contribution < -0.4 is 5.32 Å². The third kappa shape index (κ3) is 3.92. The van der Waals surface area contributed by atoms with Crippen LogP contribution in [0.25, 0.3) is 10.2 Å². The van der Waals surface area contributed by atoms with Gasteiger partial charge in [0.1, 0.15) is 0 Å². The topological polar surface area (TPSA) is 42.0 Å². The van der Waals surface area contributed by atoms with E-state index in [-0.39, 0.29) is 11.3 Å². The number of thiazole rings is 1. The monoisotopic (exact) mass is 326 g/mol. The van der Waals surface area contributed by atoms with Crippen LogP contribution in [0.15, 0.2) is 24.3 Å². The highest BCUT2D eigenvalue weighted by Crippen LogP contribution is 2.43. The van der Waals surface area contributed by atoms with Gasteiger partial charge in [0, 0.05) is 12.8 Å². The molecule has 0 radical (unpaired) electrons. The summed E-state index contributed by atoms with van der Waals surface area (Å²) in [7, 11) is 0. The van der Waals surface area contributed by atoms with Gasteiger partial charge >= 0.3 is 0 Å². The van der Waals surface area contributed by atoms with Crippen molar-refractivity contribution in [3.05, 3.63) is 29.3 Å². The number of nitrogens with zero attached hydrogens (tertiary/aromatic N) is 1. The van der Waals surface area contributed by atoms with Gasteiger partial charge in [0.15, 0.2) is 0 Å². The van der Waals surface area contributed by atoms with Crippen LogP contribution in [0.2, 0.25) is 0 Å². The molecular formula is C19H22N2OS. The first-order valence-electron chi connectivity index (χ1n) is 8.25. The van der Waals surface area contributed by atoms with Gasteiger partial charge in [-0.3, -0.25) is 4.79 Å². The minimum atomic E-state index is 0.0464. The number of carbonyl (C=O) groups is 1.